The number of rotatable bonds is 4. The third kappa shape index (κ3) is 2.68. The summed E-state index contributed by atoms with van der Waals surface area (Å²) in [6, 6.07) is 11.0. The molecule has 0 amide bonds. The fraction of sp³-hybridized carbons (Fsp3) is 0.231. The van der Waals surface area contributed by atoms with Gasteiger partial charge < -0.3 is 9.57 Å². The van der Waals surface area contributed by atoms with E-state index >= 15 is 0 Å². The summed E-state index contributed by atoms with van der Waals surface area (Å²) in [5, 5.41) is 3.97. The van der Waals surface area contributed by atoms with Gasteiger partial charge in [0.2, 0.25) is 5.88 Å². The Balaban J connectivity index is 2.17. The minimum Gasteiger partial charge on any atom is -0.480 e. The van der Waals surface area contributed by atoms with Gasteiger partial charge in [-0.1, -0.05) is 40.3 Å². The van der Waals surface area contributed by atoms with Crippen LogP contribution in [0, 0.1) is 6.92 Å². The lowest BCUT2D eigenvalue weighted by molar-refractivity contribution is 0.0554. The van der Waals surface area contributed by atoms with Gasteiger partial charge in [0.1, 0.15) is 6.61 Å². The topological polar surface area (TPSA) is 53.4 Å². The third-order valence-electron chi connectivity index (χ3n) is 2.44. The minimum absolute atomic E-state index is 0.278. The fourth-order valence-corrected chi connectivity index (χ4v) is 1.52. The molecule has 0 aliphatic rings. The molecule has 1 heterocycles. The monoisotopic (exact) mass is 246 g/mol. The van der Waals surface area contributed by atoms with Gasteiger partial charge in [0, 0.05) is 11.6 Å². The van der Waals surface area contributed by atoms with E-state index in [9.17, 15) is 4.79 Å². The van der Waals surface area contributed by atoms with Crippen LogP contribution in [0.25, 0.3) is 0 Å². The predicted octanol–water partition coefficient (Wildman–Crippen LogP) is 1.19. The average Bonchev–Trinajstić information content (AvgIpc) is 2.39. The summed E-state index contributed by atoms with van der Waals surface area (Å²) in [5.41, 5.74) is 1.33. The van der Waals surface area contributed by atoms with E-state index in [-0.39, 0.29) is 12.2 Å². The summed E-state index contributed by atoms with van der Waals surface area (Å²) in [4.78, 5) is 17.9. The van der Waals surface area contributed by atoms with Crippen LogP contribution in [0.3, 0.4) is 0 Å². The number of nitrogens with zero attached hydrogens (tertiary/aromatic N) is 2. The van der Waals surface area contributed by atoms with Crippen molar-refractivity contribution in [2.75, 3.05) is 7.11 Å². The van der Waals surface area contributed by atoms with E-state index in [0.29, 0.717) is 11.4 Å². The number of benzene rings is 1. The van der Waals surface area contributed by atoms with Crippen molar-refractivity contribution in [1.29, 1.82) is 0 Å². The van der Waals surface area contributed by atoms with Crippen molar-refractivity contribution in [3.8, 4) is 5.88 Å². The van der Waals surface area contributed by atoms with Gasteiger partial charge in [-0.05, 0) is 12.5 Å². The maximum Gasteiger partial charge on any atom is 0.303 e. The molecule has 0 spiro atoms. The molecule has 0 N–H and O–H groups in total. The third-order valence-corrected chi connectivity index (χ3v) is 2.44. The first-order valence-corrected chi connectivity index (χ1v) is 5.53. The van der Waals surface area contributed by atoms with Gasteiger partial charge in [-0.15, -0.1) is 0 Å². The largest absolute Gasteiger partial charge is 0.480 e. The van der Waals surface area contributed by atoms with Crippen LogP contribution in [0.4, 0.5) is 0 Å². The van der Waals surface area contributed by atoms with Gasteiger partial charge in [-0.2, -0.15) is 0 Å². The number of aryl methyl sites for hydroxylation is 1. The fourth-order valence-electron chi connectivity index (χ4n) is 1.52. The Bertz CT molecular complexity index is 579. The van der Waals surface area contributed by atoms with E-state index in [1.54, 1.807) is 6.92 Å². The molecule has 18 heavy (non-hydrogen) atoms. The molecule has 0 unspecified atom stereocenters. The highest BCUT2D eigenvalue weighted by molar-refractivity contribution is 5.21. The molecule has 5 heteroatoms. The van der Waals surface area contributed by atoms with Crippen molar-refractivity contribution < 1.29 is 9.57 Å². The molecule has 0 saturated heterocycles. The zero-order valence-corrected chi connectivity index (χ0v) is 10.3. The molecule has 0 saturated carbocycles. The highest BCUT2D eigenvalue weighted by Crippen LogP contribution is 2.08. The molecule has 1 aromatic carbocycles. The highest BCUT2D eigenvalue weighted by Gasteiger charge is 2.06. The Morgan fingerprint density at radius 1 is 1.28 bits per heavy atom. The number of aromatic nitrogens is 2. The molecular weight excluding hydrogens is 232 g/mol. The first-order valence-electron chi connectivity index (χ1n) is 5.53. The smallest absolute Gasteiger partial charge is 0.303 e. The second-order valence-electron chi connectivity index (χ2n) is 3.81. The van der Waals surface area contributed by atoms with E-state index in [4.69, 9.17) is 9.57 Å². The van der Waals surface area contributed by atoms with E-state index in [2.05, 4.69) is 5.10 Å². The Kier molecular flexibility index (Phi) is 3.62. The Labute approximate surface area is 105 Å². The van der Waals surface area contributed by atoms with Crippen LogP contribution >= 0.6 is 0 Å². The molecule has 2 rings (SSSR count). The van der Waals surface area contributed by atoms with Crippen LogP contribution in [0.15, 0.2) is 41.2 Å². The molecule has 0 bridgehead atoms. The van der Waals surface area contributed by atoms with Crippen LogP contribution in [-0.2, 0) is 6.61 Å². The lowest BCUT2D eigenvalue weighted by Crippen LogP contribution is -2.29. The van der Waals surface area contributed by atoms with E-state index in [0.717, 1.165) is 10.4 Å². The van der Waals surface area contributed by atoms with Crippen LogP contribution < -0.4 is 15.1 Å². The SMILES string of the molecule is COc1nn(OCc2ccccc2)c(=O)cc1C. The lowest BCUT2D eigenvalue weighted by atomic mass is 10.2. The quantitative estimate of drug-likeness (QED) is 0.813. The summed E-state index contributed by atoms with van der Waals surface area (Å²) in [6.45, 7) is 2.04. The van der Waals surface area contributed by atoms with Crippen molar-refractivity contribution in [2.24, 2.45) is 0 Å². The molecule has 0 atom stereocenters. The first-order chi connectivity index (χ1) is 8.70. The number of methoxy groups -OCH3 is 1. The Morgan fingerprint density at radius 2 is 2.00 bits per heavy atom. The summed E-state index contributed by atoms with van der Waals surface area (Å²) in [6.07, 6.45) is 0. The van der Waals surface area contributed by atoms with E-state index < -0.39 is 0 Å². The summed E-state index contributed by atoms with van der Waals surface area (Å²) >= 11 is 0. The van der Waals surface area contributed by atoms with Crippen molar-refractivity contribution in [3.63, 3.8) is 0 Å². The predicted molar refractivity (Wildman–Crippen MR) is 66.5 cm³/mol. The van der Waals surface area contributed by atoms with Gasteiger partial charge in [0.15, 0.2) is 0 Å². The zero-order chi connectivity index (χ0) is 13.0. The number of hydrogen-bond acceptors (Lipinski definition) is 4. The van der Waals surface area contributed by atoms with Crippen LogP contribution in [0.2, 0.25) is 0 Å². The second kappa shape index (κ2) is 5.35. The van der Waals surface area contributed by atoms with Crippen molar-refractivity contribution >= 4 is 0 Å². The van der Waals surface area contributed by atoms with Crippen LogP contribution in [0.5, 0.6) is 5.88 Å². The standard InChI is InChI=1S/C13H14N2O3/c1-10-8-12(16)15(14-13(10)17-2)18-9-11-6-4-3-5-7-11/h3-8H,9H2,1-2H3. The zero-order valence-electron chi connectivity index (χ0n) is 10.3. The molecule has 1 aromatic heterocycles. The lowest BCUT2D eigenvalue weighted by Gasteiger charge is -2.09. The Morgan fingerprint density at radius 3 is 2.67 bits per heavy atom. The Hall–Kier alpha value is -2.30. The molecular formula is C13H14N2O3. The second-order valence-corrected chi connectivity index (χ2v) is 3.81. The van der Waals surface area contributed by atoms with E-state index in [1.807, 2.05) is 30.3 Å². The highest BCUT2D eigenvalue weighted by atomic mass is 16.7. The first kappa shape index (κ1) is 12.2. The maximum atomic E-state index is 11.6. The van der Waals surface area contributed by atoms with Gasteiger partial charge in [-0.3, -0.25) is 4.79 Å². The van der Waals surface area contributed by atoms with Crippen molar-refractivity contribution in [2.45, 2.75) is 13.5 Å². The number of ether oxygens (including phenoxy) is 1. The average molecular weight is 246 g/mol. The van der Waals surface area contributed by atoms with Gasteiger partial charge in [0.25, 0.3) is 0 Å². The van der Waals surface area contributed by atoms with Crippen LogP contribution in [-0.4, -0.2) is 17.1 Å². The van der Waals surface area contributed by atoms with Gasteiger partial charge >= 0.3 is 5.56 Å². The number of hydrogen-bond donors (Lipinski definition) is 0. The maximum absolute atomic E-state index is 11.6. The summed E-state index contributed by atoms with van der Waals surface area (Å²) < 4.78 is 5.04. The summed E-state index contributed by atoms with van der Waals surface area (Å²) in [5.74, 6) is 0.377. The molecule has 0 aliphatic heterocycles. The summed E-state index contributed by atoms with van der Waals surface area (Å²) in [7, 11) is 1.50. The van der Waals surface area contributed by atoms with Gasteiger partial charge in [-0.25, -0.2) is 0 Å². The van der Waals surface area contributed by atoms with Crippen molar-refractivity contribution in [1.82, 2.24) is 9.94 Å². The molecule has 0 radical (unpaired) electrons. The minimum atomic E-state index is -0.316. The van der Waals surface area contributed by atoms with Gasteiger partial charge in [0.05, 0.1) is 7.11 Å². The molecule has 5 nitrogen and oxygen atoms in total. The molecule has 2 aromatic rings. The molecule has 94 valence electrons. The van der Waals surface area contributed by atoms with Crippen LogP contribution in [0.1, 0.15) is 11.1 Å². The van der Waals surface area contributed by atoms with E-state index in [1.165, 1.54) is 13.2 Å². The molecule has 0 fully saturated rings. The molecule has 0 aliphatic carbocycles. The van der Waals surface area contributed by atoms with Crippen molar-refractivity contribution in [3.05, 3.63) is 57.9 Å². The normalized spacial score (nSPS) is 10.1.